The minimum Gasteiger partial charge on any atom is -0.339 e. The summed E-state index contributed by atoms with van der Waals surface area (Å²) in [6.45, 7) is 2.06. The number of halogens is 2. The first-order chi connectivity index (χ1) is 11.3. The van der Waals surface area contributed by atoms with Crippen LogP contribution in [-0.4, -0.2) is 38.4 Å². The van der Waals surface area contributed by atoms with E-state index in [9.17, 15) is 13.2 Å². The topological polar surface area (TPSA) is 66.5 Å². The van der Waals surface area contributed by atoms with Crippen molar-refractivity contribution in [2.75, 3.05) is 13.1 Å². The van der Waals surface area contributed by atoms with E-state index >= 15 is 0 Å². The molecule has 0 unspecified atom stereocenters. The summed E-state index contributed by atoms with van der Waals surface area (Å²) in [5, 5.41) is 0.489. The normalized spacial score (nSPS) is 16.1. The van der Waals surface area contributed by atoms with Crippen molar-refractivity contribution in [2.24, 2.45) is 0 Å². The molecule has 0 atom stereocenters. The molecule has 1 amide bonds. The highest BCUT2D eigenvalue weighted by molar-refractivity contribution is 7.89. The third-order valence-corrected chi connectivity index (χ3v) is 6.46. The Labute approximate surface area is 153 Å². The van der Waals surface area contributed by atoms with Crippen LogP contribution < -0.4 is 4.72 Å². The SMILES string of the molecule is CC(=O)N(CCNS(=O)(=O)c1ccc(Cl)c(Cl)c1)C1CCCCC1. The molecule has 0 radical (unpaired) electrons. The van der Waals surface area contributed by atoms with Gasteiger partial charge in [0.1, 0.15) is 0 Å². The number of nitrogens with one attached hydrogen (secondary N) is 1. The second-order valence-electron chi connectivity index (χ2n) is 5.98. The molecule has 0 saturated heterocycles. The molecule has 0 heterocycles. The van der Waals surface area contributed by atoms with Gasteiger partial charge < -0.3 is 4.90 Å². The Morgan fingerprint density at radius 2 is 1.88 bits per heavy atom. The first-order valence-electron chi connectivity index (χ1n) is 8.03. The summed E-state index contributed by atoms with van der Waals surface area (Å²) < 4.78 is 27.1. The Balaban J connectivity index is 1.97. The number of sulfonamides is 1. The number of carbonyl (C=O) groups is 1. The Morgan fingerprint density at radius 3 is 2.46 bits per heavy atom. The highest BCUT2D eigenvalue weighted by Gasteiger charge is 2.23. The van der Waals surface area contributed by atoms with Crippen molar-refractivity contribution < 1.29 is 13.2 Å². The number of carbonyl (C=O) groups excluding carboxylic acids is 1. The number of amides is 1. The lowest BCUT2D eigenvalue weighted by Crippen LogP contribution is -2.44. The van der Waals surface area contributed by atoms with Crippen molar-refractivity contribution >= 4 is 39.1 Å². The van der Waals surface area contributed by atoms with E-state index in [1.54, 1.807) is 4.90 Å². The van der Waals surface area contributed by atoms with Crippen LogP contribution in [-0.2, 0) is 14.8 Å². The molecule has 8 heteroatoms. The molecule has 0 spiro atoms. The Kier molecular flexibility index (Phi) is 6.92. The molecular weight excluding hydrogens is 371 g/mol. The van der Waals surface area contributed by atoms with Gasteiger partial charge in [0.2, 0.25) is 15.9 Å². The van der Waals surface area contributed by atoms with Crippen LogP contribution in [0, 0.1) is 0 Å². The fraction of sp³-hybridized carbons (Fsp3) is 0.562. The minimum atomic E-state index is -3.68. The maximum absolute atomic E-state index is 12.3. The molecule has 1 N–H and O–H groups in total. The molecule has 0 bridgehead atoms. The van der Waals surface area contributed by atoms with Gasteiger partial charge in [-0.3, -0.25) is 4.79 Å². The summed E-state index contributed by atoms with van der Waals surface area (Å²) in [5.74, 6) is -0.0179. The van der Waals surface area contributed by atoms with Crippen LogP contribution in [0.2, 0.25) is 10.0 Å². The zero-order chi connectivity index (χ0) is 17.7. The maximum atomic E-state index is 12.3. The van der Waals surface area contributed by atoms with E-state index in [-0.39, 0.29) is 28.4 Å². The smallest absolute Gasteiger partial charge is 0.240 e. The molecule has 24 heavy (non-hydrogen) atoms. The summed E-state index contributed by atoms with van der Waals surface area (Å²) in [6, 6.07) is 4.38. The Morgan fingerprint density at radius 1 is 1.21 bits per heavy atom. The number of hydrogen-bond acceptors (Lipinski definition) is 3. The van der Waals surface area contributed by atoms with E-state index in [0.717, 1.165) is 25.7 Å². The van der Waals surface area contributed by atoms with Crippen molar-refractivity contribution in [3.63, 3.8) is 0 Å². The van der Waals surface area contributed by atoms with Crippen LogP contribution in [0.3, 0.4) is 0 Å². The van der Waals surface area contributed by atoms with Gasteiger partial charge in [-0.2, -0.15) is 0 Å². The molecule has 1 aliphatic carbocycles. The van der Waals surface area contributed by atoms with Crippen LogP contribution in [0.4, 0.5) is 0 Å². The summed E-state index contributed by atoms with van der Waals surface area (Å²) in [7, 11) is -3.68. The lowest BCUT2D eigenvalue weighted by atomic mass is 9.94. The molecule has 1 aromatic rings. The predicted octanol–water partition coefficient (Wildman–Crippen LogP) is 3.45. The van der Waals surface area contributed by atoms with E-state index in [4.69, 9.17) is 23.2 Å². The van der Waals surface area contributed by atoms with E-state index < -0.39 is 10.0 Å². The van der Waals surface area contributed by atoms with Gasteiger partial charge in [0.15, 0.2) is 0 Å². The van der Waals surface area contributed by atoms with Crippen molar-refractivity contribution in [3.05, 3.63) is 28.2 Å². The molecule has 1 aromatic carbocycles. The van der Waals surface area contributed by atoms with Gasteiger partial charge >= 0.3 is 0 Å². The molecule has 5 nitrogen and oxygen atoms in total. The van der Waals surface area contributed by atoms with Gasteiger partial charge in [0.25, 0.3) is 0 Å². The number of hydrogen-bond donors (Lipinski definition) is 1. The third-order valence-electron chi connectivity index (χ3n) is 4.27. The van der Waals surface area contributed by atoms with Gasteiger partial charge in [-0.1, -0.05) is 42.5 Å². The lowest BCUT2D eigenvalue weighted by Gasteiger charge is -2.33. The molecular formula is C16H22Cl2N2O3S. The van der Waals surface area contributed by atoms with Crippen LogP contribution in [0.5, 0.6) is 0 Å². The first-order valence-corrected chi connectivity index (χ1v) is 10.3. The van der Waals surface area contributed by atoms with Crippen LogP contribution in [0.15, 0.2) is 23.1 Å². The first kappa shape index (κ1) is 19.5. The van der Waals surface area contributed by atoms with Crippen molar-refractivity contribution in [1.29, 1.82) is 0 Å². The zero-order valence-electron chi connectivity index (χ0n) is 13.6. The maximum Gasteiger partial charge on any atom is 0.240 e. The summed E-state index contributed by atoms with van der Waals surface area (Å²) in [4.78, 5) is 13.7. The van der Waals surface area contributed by atoms with Gasteiger partial charge in [-0.25, -0.2) is 13.1 Å². The van der Waals surface area contributed by atoms with E-state index in [1.165, 1.54) is 31.5 Å². The molecule has 1 fully saturated rings. The number of nitrogens with zero attached hydrogens (tertiary/aromatic N) is 1. The molecule has 1 saturated carbocycles. The number of benzene rings is 1. The minimum absolute atomic E-state index is 0.0179. The van der Waals surface area contributed by atoms with Crippen molar-refractivity contribution in [3.8, 4) is 0 Å². The Hall–Kier alpha value is -0.820. The van der Waals surface area contributed by atoms with E-state index in [1.807, 2.05) is 0 Å². The van der Waals surface area contributed by atoms with Crippen molar-refractivity contribution in [2.45, 2.75) is 50.0 Å². The summed E-state index contributed by atoms with van der Waals surface area (Å²) in [5.41, 5.74) is 0. The number of rotatable bonds is 6. The van der Waals surface area contributed by atoms with Gasteiger partial charge in [0, 0.05) is 26.1 Å². The molecule has 2 rings (SSSR count). The highest BCUT2D eigenvalue weighted by Crippen LogP contribution is 2.25. The van der Waals surface area contributed by atoms with E-state index in [2.05, 4.69) is 4.72 Å². The van der Waals surface area contributed by atoms with Crippen LogP contribution >= 0.6 is 23.2 Å². The largest absolute Gasteiger partial charge is 0.339 e. The summed E-state index contributed by atoms with van der Waals surface area (Å²) in [6.07, 6.45) is 5.40. The standard InChI is InChI=1S/C16H22Cl2N2O3S/c1-12(21)20(13-5-3-2-4-6-13)10-9-19-24(22,23)14-7-8-15(17)16(18)11-14/h7-8,11,13,19H,2-6,9-10H2,1H3. The average Bonchev–Trinajstić information content (AvgIpc) is 2.54. The zero-order valence-corrected chi connectivity index (χ0v) is 15.9. The quantitative estimate of drug-likeness (QED) is 0.805. The summed E-state index contributed by atoms with van der Waals surface area (Å²) >= 11 is 11.7. The van der Waals surface area contributed by atoms with Crippen molar-refractivity contribution in [1.82, 2.24) is 9.62 Å². The lowest BCUT2D eigenvalue weighted by molar-refractivity contribution is -0.131. The molecule has 1 aliphatic rings. The second kappa shape index (κ2) is 8.52. The molecule has 134 valence electrons. The van der Waals surface area contributed by atoms with Gasteiger partial charge in [0.05, 0.1) is 14.9 Å². The average molecular weight is 393 g/mol. The fourth-order valence-electron chi connectivity index (χ4n) is 3.02. The molecule has 0 aromatic heterocycles. The van der Waals surface area contributed by atoms with Gasteiger partial charge in [-0.15, -0.1) is 0 Å². The highest BCUT2D eigenvalue weighted by atomic mass is 35.5. The molecule has 0 aliphatic heterocycles. The Bertz CT molecular complexity index is 689. The predicted molar refractivity (Wildman–Crippen MR) is 95.9 cm³/mol. The fourth-order valence-corrected chi connectivity index (χ4v) is 4.43. The van der Waals surface area contributed by atoms with Crippen LogP contribution in [0.1, 0.15) is 39.0 Å². The third kappa shape index (κ3) is 5.09. The monoisotopic (exact) mass is 392 g/mol. The van der Waals surface area contributed by atoms with Gasteiger partial charge in [-0.05, 0) is 31.0 Å². The van der Waals surface area contributed by atoms with Crippen LogP contribution in [0.25, 0.3) is 0 Å². The van der Waals surface area contributed by atoms with E-state index in [0.29, 0.717) is 11.6 Å². The second-order valence-corrected chi connectivity index (χ2v) is 8.56.